The van der Waals surface area contributed by atoms with Crippen molar-refractivity contribution < 1.29 is 23.1 Å². The van der Waals surface area contributed by atoms with Crippen molar-refractivity contribution in [3.8, 4) is 0 Å². The molecule has 1 aromatic rings. The highest BCUT2D eigenvalue weighted by atomic mass is 35.5. The van der Waals surface area contributed by atoms with Crippen LogP contribution in [0.5, 0.6) is 0 Å². The lowest BCUT2D eigenvalue weighted by Crippen LogP contribution is -2.21. The second-order valence-corrected chi connectivity index (χ2v) is 7.83. The van der Waals surface area contributed by atoms with E-state index in [0.717, 1.165) is 0 Å². The number of aliphatic carboxylic acids is 1. The molecule has 1 aromatic carbocycles. The molecule has 5 nitrogen and oxygen atoms in total. The molecule has 1 aliphatic rings. The van der Waals surface area contributed by atoms with E-state index in [9.17, 15) is 18.3 Å². The molecule has 21 heavy (non-hydrogen) atoms. The van der Waals surface area contributed by atoms with Crippen molar-refractivity contribution in [1.29, 1.82) is 0 Å². The molecular weight excluding hydrogens is 316 g/mol. The van der Waals surface area contributed by atoms with Gasteiger partial charge < -0.3 is 9.84 Å². The Morgan fingerprint density at radius 1 is 1.38 bits per heavy atom. The van der Waals surface area contributed by atoms with E-state index in [1.807, 2.05) is 0 Å². The third-order valence-electron chi connectivity index (χ3n) is 3.93. The van der Waals surface area contributed by atoms with Crippen molar-refractivity contribution in [1.82, 2.24) is 0 Å². The summed E-state index contributed by atoms with van der Waals surface area (Å²) in [4.78, 5) is 11.4. The second kappa shape index (κ2) is 6.34. The van der Waals surface area contributed by atoms with Crippen LogP contribution in [0, 0.1) is 11.8 Å². The molecule has 1 aliphatic carbocycles. The maximum Gasteiger partial charge on any atom is 0.306 e. The normalized spacial score (nSPS) is 25.9. The summed E-state index contributed by atoms with van der Waals surface area (Å²) in [6.45, 7) is 0.242. The van der Waals surface area contributed by atoms with E-state index in [4.69, 9.17) is 16.3 Å². The lowest BCUT2D eigenvalue weighted by atomic mass is 9.97. The van der Waals surface area contributed by atoms with Crippen molar-refractivity contribution in [3.05, 3.63) is 29.3 Å². The number of sulfone groups is 1. The van der Waals surface area contributed by atoms with Crippen LogP contribution in [-0.2, 0) is 19.4 Å². The van der Waals surface area contributed by atoms with E-state index in [-0.39, 0.29) is 35.3 Å². The first kappa shape index (κ1) is 16.3. The van der Waals surface area contributed by atoms with Gasteiger partial charge in [0.2, 0.25) is 0 Å². The highest BCUT2D eigenvalue weighted by Crippen LogP contribution is 2.39. The van der Waals surface area contributed by atoms with Gasteiger partial charge in [-0.25, -0.2) is 8.42 Å². The number of benzene rings is 1. The van der Waals surface area contributed by atoms with Gasteiger partial charge >= 0.3 is 5.97 Å². The van der Waals surface area contributed by atoms with Crippen LogP contribution in [0.25, 0.3) is 0 Å². The highest BCUT2D eigenvalue weighted by Gasteiger charge is 2.45. The van der Waals surface area contributed by atoms with E-state index >= 15 is 0 Å². The molecule has 1 fully saturated rings. The summed E-state index contributed by atoms with van der Waals surface area (Å²) in [7, 11) is -2.16. The van der Waals surface area contributed by atoms with Crippen LogP contribution in [0.2, 0.25) is 5.02 Å². The van der Waals surface area contributed by atoms with E-state index in [2.05, 4.69) is 0 Å². The molecule has 7 heteroatoms. The number of ether oxygens (including phenoxy) is 1. The summed E-state index contributed by atoms with van der Waals surface area (Å²) in [6, 6.07) is 6.24. The van der Waals surface area contributed by atoms with Crippen LogP contribution in [0.3, 0.4) is 0 Å². The Labute approximate surface area is 128 Å². The molecule has 1 N–H and O–H groups in total. The fraction of sp³-hybridized carbons (Fsp3) is 0.500. The van der Waals surface area contributed by atoms with Crippen LogP contribution in [-0.4, -0.2) is 38.5 Å². The van der Waals surface area contributed by atoms with Crippen molar-refractivity contribution in [2.75, 3.05) is 13.7 Å². The third kappa shape index (κ3) is 3.22. The lowest BCUT2D eigenvalue weighted by Gasteiger charge is -2.13. The number of methoxy groups -OCH3 is 1. The van der Waals surface area contributed by atoms with Gasteiger partial charge in [-0.15, -0.1) is 0 Å². The van der Waals surface area contributed by atoms with Crippen molar-refractivity contribution in [3.63, 3.8) is 0 Å². The predicted octanol–water partition coefficient (Wildman–Crippen LogP) is 2.24. The Hall–Kier alpha value is -1.11. The van der Waals surface area contributed by atoms with Crippen LogP contribution in [0.1, 0.15) is 12.8 Å². The highest BCUT2D eigenvalue weighted by molar-refractivity contribution is 7.92. The molecule has 2 rings (SSSR count). The Morgan fingerprint density at radius 3 is 2.62 bits per heavy atom. The number of carboxylic acids is 1. The number of halogens is 1. The molecule has 0 aliphatic heterocycles. The summed E-state index contributed by atoms with van der Waals surface area (Å²) in [5, 5.41) is 8.67. The summed E-state index contributed by atoms with van der Waals surface area (Å²) in [5.74, 6) is -1.98. The maximum absolute atomic E-state index is 12.7. The van der Waals surface area contributed by atoms with Crippen LogP contribution in [0.15, 0.2) is 29.2 Å². The average molecular weight is 333 g/mol. The summed E-state index contributed by atoms with van der Waals surface area (Å²) in [6.07, 6.45) is 0.370. The number of carboxylic acid groups (broad SMARTS) is 1. The molecule has 0 bridgehead atoms. The molecule has 0 heterocycles. The van der Waals surface area contributed by atoms with Crippen molar-refractivity contribution in [2.45, 2.75) is 23.0 Å². The van der Waals surface area contributed by atoms with Gasteiger partial charge in [0.05, 0.1) is 21.1 Å². The zero-order valence-electron chi connectivity index (χ0n) is 11.5. The molecule has 116 valence electrons. The van der Waals surface area contributed by atoms with Gasteiger partial charge in [-0.1, -0.05) is 23.7 Å². The molecule has 0 unspecified atom stereocenters. The standard InChI is InChI=1S/C14H17ClO5S/c1-20-8-9-6-10(7-11(9)14(16)17)21(18,19)13-5-3-2-4-12(13)15/h2-5,9-11H,6-8H2,1H3,(H,16,17)/t9-,10-,11+/m0/s1. The second-order valence-electron chi connectivity index (χ2n) is 5.23. The van der Waals surface area contributed by atoms with Gasteiger partial charge in [0.25, 0.3) is 0 Å². The largest absolute Gasteiger partial charge is 0.481 e. The fourth-order valence-electron chi connectivity index (χ4n) is 2.88. The van der Waals surface area contributed by atoms with Gasteiger partial charge in [-0.2, -0.15) is 0 Å². The van der Waals surface area contributed by atoms with Gasteiger partial charge in [0.15, 0.2) is 9.84 Å². The van der Waals surface area contributed by atoms with Crippen LogP contribution < -0.4 is 0 Å². The van der Waals surface area contributed by atoms with Crippen LogP contribution >= 0.6 is 11.6 Å². The van der Waals surface area contributed by atoms with Gasteiger partial charge in [0.1, 0.15) is 0 Å². The predicted molar refractivity (Wildman–Crippen MR) is 78.2 cm³/mol. The van der Waals surface area contributed by atoms with Gasteiger partial charge in [-0.3, -0.25) is 4.79 Å². The zero-order valence-corrected chi connectivity index (χ0v) is 13.1. The molecule has 0 amide bonds. The first-order valence-electron chi connectivity index (χ1n) is 6.58. The lowest BCUT2D eigenvalue weighted by molar-refractivity contribution is -0.143. The molecule has 1 saturated carbocycles. The number of hydrogen-bond donors (Lipinski definition) is 1. The minimum absolute atomic E-state index is 0.0684. The maximum atomic E-state index is 12.7. The molecule has 3 atom stereocenters. The smallest absolute Gasteiger partial charge is 0.306 e. The SMILES string of the molecule is COC[C@@H]1C[C@H](S(=O)(=O)c2ccccc2Cl)C[C@H]1C(=O)O. The van der Waals surface area contributed by atoms with Crippen molar-refractivity contribution >= 4 is 27.4 Å². The summed E-state index contributed by atoms with van der Waals surface area (Å²) in [5.41, 5.74) is 0. The topological polar surface area (TPSA) is 80.7 Å². The zero-order chi connectivity index (χ0) is 15.6. The number of carbonyl (C=O) groups is 1. The monoisotopic (exact) mass is 332 g/mol. The van der Waals surface area contributed by atoms with E-state index in [1.54, 1.807) is 12.1 Å². The Balaban J connectivity index is 2.30. The molecule has 0 aromatic heterocycles. The van der Waals surface area contributed by atoms with E-state index in [1.165, 1.54) is 19.2 Å². The fourth-order valence-corrected chi connectivity index (χ4v) is 5.27. The first-order valence-corrected chi connectivity index (χ1v) is 8.50. The Morgan fingerprint density at radius 2 is 2.05 bits per heavy atom. The Kier molecular flexibility index (Phi) is 4.91. The molecular formula is C14H17ClO5S. The van der Waals surface area contributed by atoms with E-state index < -0.39 is 27.0 Å². The minimum Gasteiger partial charge on any atom is -0.481 e. The van der Waals surface area contributed by atoms with Crippen LogP contribution in [0.4, 0.5) is 0 Å². The quantitative estimate of drug-likeness (QED) is 0.894. The summed E-state index contributed by atoms with van der Waals surface area (Å²) >= 11 is 5.96. The van der Waals surface area contributed by atoms with Crippen molar-refractivity contribution in [2.24, 2.45) is 11.8 Å². The third-order valence-corrected chi connectivity index (χ3v) is 6.60. The molecule has 0 saturated heterocycles. The summed E-state index contributed by atoms with van der Waals surface area (Å²) < 4.78 is 30.3. The average Bonchev–Trinajstić information content (AvgIpc) is 2.84. The number of rotatable bonds is 5. The Bertz CT molecular complexity index is 628. The van der Waals surface area contributed by atoms with Gasteiger partial charge in [-0.05, 0) is 30.9 Å². The van der Waals surface area contributed by atoms with E-state index in [0.29, 0.717) is 0 Å². The molecule has 0 radical (unpaired) electrons. The first-order chi connectivity index (χ1) is 9.87. The molecule has 0 spiro atoms. The minimum atomic E-state index is -3.64. The van der Waals surface area contributed by atoms with Gasteiger partial charge in [0, 0.05) is 13.7 Å². The number of hydrogen-bond acceptors (Lipinski definition) is 4.